The molecule has 1 atom stereocenters. The molecule has 0 aromatic heterocycles. The van der Waals surface area contributed by atoms with Gasteiger partial charge in [0.15, 0.2) is 0 Å². The number of aryl methyl sites for hydroxylation is 2. The maximum absolute atomic E-state index is 12.7. The number of carbonyl (C=O) groups excluding carboxylic acids is 2. The van der Waals surface area contributed by atoms with E-state index < -0.39 is 0 Å². The Kier molecular flexibility index (Phi) is 6.08. The molecule has 1 unspecified atom stereocenters. The number of carbonyl (C=O) groups is 2. The number of morpholine rings is 1. The van der Waals surface area contributed by atoms with Gasteiger partial charge >= 0.3 is 0 Å². The van der Waals surface area contributed by atoms with E-state index in [2.05, 4.69) is 19.1 Å². The molecule has 0 spiro atoms. The minimum Gasteiger partial charge on any atom is -0.378 e. The molecule has 136 valence electrons. The van der Waals surface area contributed by atoms with Gasteiger partial charge in [-0.15, -0.1) is 0 Å². The molecule has 0 bridgehead atoms. The Morgan fingerprint density at radius 2 is 1.92 bits per heavy atom. The van der Waals surface area contributed by atoms with Gasteiger partial charge in [-0.3, -0.25) is 9.59 Å². The zero-order valence-corrected chi connectivity index (χ0v) is 15.1. The van der Waals surface area contributed by atoms with E-state index in [1.54, 1.807) is 0 Å². The second-order valence-electron chi connectivity index (χ2n) is 6.96. The second-order valence-corrected chi connectivity index (χ2v) is 6.96. The number of hydrogen-bond acceptors (Lipinski definition) is 3. The number of hydrogen-bond donors (Lipinski definition) is 0. The highest BCUT2D eigenvalue weighted by molar-refractivity contribution is 5.88. The van der Waals surface area contributed by atoms with Crippen molar-refractivity contribution in [3.63, 3.8) is 0 Å². The van der Waals surface area contributed by atoms with Crippen LogP contribution < -0.4 is 0 Å². The highest BCUT2D eigenvalue weighted by atomic mass is 16.5. The van der Waals surface area contributed by atoms with Crippen LogP contribution in [-0.4, -0.2) is 60.5 Å². The van der Waals surface area contributed by atoms with Gasteiger partial charge in [0.1, 0.15) is 6.04 Å². The van der Waals surface area contributed by atoms with Crippen LogP contribution >= 0.6 is 0 Å². The fourth-order valence-electron chi connectivity index (χ4n) is 3.78. The number of nitrogens with zero attached hydrogens (tertiary/aromatic N) is 2. The summed E-state index contributed by atoms with van der Waals surface area (Å²) in [6.07, 6.45) is 3.97. The molecule has 2 amide bonds. The van der Waals surface area contributed by atoms with E-state index >= 15 is 0 Å². The molecule has 5 heteroatoms. The van der Waals surface area contributed by atoms with Crippen molar-refractivity contribution in [2.75, 3.05) is 32.8 Å². The van der Waals surface area contributed by atoms with Crippen molar-refractivity contribution in [2.45, 2.75) is 45.1 Å². The molecular formula is C20H28N2O3. The second kappa shape index (κ2) is 8.48. The minimum absolute atomic E-state index is 0.105. The van der Waals surface area contributed by atoms with Crippen LogP contribution in [0.5, 0.6) is 0 Å². The first kappa shape index (κ1) is 17.9. The maximum atomic E-state index is 12.7. The van der Waals surface area contributed by atoms with Crippen LogP contribution in [-0.2, 0) is 20.7 Å². The van der Waals surface area contributed by atoms with Gasteiger partial charge in [-0.2, -0.15) is 0 Å². The lowest BCUT2D eigenvalue weighted by Crippen LogP contribution is -2.51. The Morgan fingerprint density at radius 3 is 2.68 bits per heavy atom. The van der Waals surface area contributed by atoms with Crippen molar-refractivity contribution in [3.05, 3.63) is 35.4 Å². The highest BCUT2D eigenvalue weighted by Gasteiger charge is 2.36. The Labute approximate surface area is 149 Å². The normalized spacial score (nSPS) is 20.8. The standard InChI is InChI=1S/C20H28N2O3/c1-16-6-2-3-7-17(16)8-4-10-19(23)22-11-5-9-18(22)20(24)21-12-14-25-15-13-21/h2-3,6-7,18H,4-5,8-15H2,1H3. The van der Waals surface area contributed by atoms with Crippen LogP contribution in [0.2, 0.25) is 0 Å². The molecule has 1 aromatic carbocycles. The summed E-state index contributed by atoms with van der Waals surface area (Å²) in [7, 11) is 0. The first-order valence-electron chi connectivity index (χ1n) is 9.37. The number of benzene rings is 1. The zero-order chi connectivity index (χ0) is 17.6. The Bertz CT molecular complexity index is 611. The molecule has 5 nitrogen and oxygen atoms in total. The van der Waals surface area contributed by atoms with Gasteiger partial charge in [-0.1, -0.05) is 24.3 Å². The number of ether oxygens (including phenoxy) is 1. The minimum atomic E-state index is -0.260. The molecule has 0 radical (unpaired) electrons. The molecule has 25 heavy (non-hydrogen) atoms. The molecular weight excluding hydrogens is 316 g/mol. The van der Waals surface area contributed by atoms with E-state index in [1.165, 1.54) is 11.1 Å². The number of likely N-dealkylation sites (tertiary alicyclic amines) is 1. The summed E-state index contributed by atoms with van der Waals surface area (Å²) in [5.41, 5.74) is 2.58. The van der Waals surface area contributed by atoms with Gasteiger partial charge in [0.05, 0.1) is 13.2 Å². The van der Waals surface area contributed by atoms with E-state index in [1.807, 2.05) is 21.9 Å². The molecule has 0 N–H and O–H groups in total. The first-order valence-corrected chi connectivity index (χ1v) is 9.37. The summed E-state index contributed by atoms with van der Waals surface area (Å²) in [5, 5.41) is 0. The summed E-state index contributed by atoms with van der Waals surface area (Å²) in [5.74, 6) is 0.228. The monoisotopic (exact) mass is 344 g/mol. The molecule has 2 heterocycles. The van der Waals surface area contributed by atoms with Crippen molar-refractivity contribution < 1.29 is 14.3 Å². The predicted molar refractivity (Wildman–Crippen MR) is 96.3 cm³/mol. The summed E-state index contributed by atoms with van der Waals surface area (Å²) in [4.78, 5) is 29.0. The van der Waals surface area contributed by atoms with Crippen LogP contribution in [0, 0.1) is 6.92 Å². The van der Waals surface area contributed by atoms with Crippen LogP contribution in [0.3, 0.4) is 0 Å². The molecule has 1 aromatic rings. The first-order chi connectivity index (χ1) is 12.2. The van der Waals surface area contributed by atoms with E-state index in [4.69, 9.17) is 4.74 Å². The lowest BCUT2D eigenvalue weighted by molar-refractivity contribution is -0.146. The topological polar surface area (TPSA) is 49.9 Å². The quantitative estimate of drug-likeness (QED) is 0.822. The number of rotatable bonds is 5. The van der Waals surface area contributed by atoms with Gasteiger partial charge < -0.3 is 14.5 Å². The van der Waals surface area contributed by atoms with E-state index in [-0.39, 0.29) is 17.9 Å². The van der Waals surface area contributed by atoms with E-state index in [0.717, 1.165) is 25.7 Å². The van der Waals surface area contributed by atoms with Crippen molar-refractivity contribution >= 4 is 11.8 Å². The average molecular weight is 344 g/mol. The maximum Gasteiger partial charge on any atom is 0.245 e. The Morgan fingerprint density at radius 1 is 1.16 bits per heavy atom. The van der Waals surface area contributed by atoms with Gasteiger partial charge in [-0.05, 0) is 43.7 Å². The molecule has 2 fully saturated rings. The van der Waals surface area contributed by atoms with Crippen molar-refractivity contribution in [1.82, 2.24) is 9.80 Å². The lowest BCUT2D eigenvalue weighted by atomic mass is 10.0. The fourth-order valence-corrected chi connectivity index (χ4v) is 3.78. The molecule has 3 rings (SSSR count). The van der Waals surface area contributed by atoms with Gasteiger partial charge in [0, 0.05) is 26.1 Å². The SMILES string of the molecule is Cc1ccccc1CCCC(=O)N1CCCC1C(=O)N1CCOCC1. The molecule has 2 aliphatic heterocycles. The van der Waals surface area contributed by atoms with Crippen LogP contribution in [0.4, 0.5) is 0 Å². The van der Waals surface area contributed by atoms with E-state index in [9.17, 15) is 9.59 Å². The molecule has 2 aliphatic rings. The van der Waals surface area contributed by atoms with Crippen LogP contribution in [0.15, 0.2) is 24.3 Å². The fraction of sp³-hybridized carbons (Fsp3) is 0.600. The summed E-state index contributed by atoms with van der Waals surface area (Å²) >= 11 is 0. The van der Waals surface area contributed by atoms with Crippen molar-refractivity contribution in [2.24, 2.45) is 0 Å². The molecule has 0 aliphatic carbocycles. The van der Waals surface area contributed by atoms with Crippen molar-refractivity contribution in [3.8, 4) is 0 Å². The van der Waals surface area contributed by atoms with Gasteiger partial charge in [0.25, 0.3) is 0 Å². The molecule has 0 saturated carbocycles. The Balaban J connectivity index is 1.52. The average Bonchev–Trinajstić information content (AvgIpc) is 3.13. The van der Waals surface area contributed by atoms with E-state index in [0.29, 0.717) is 39.3 Å². The summed E-state index contributed by atoms with van der Waals surface area (Å²) in [6.45, 7) is 5.31. The third-order valence-corrected chi connectivity index (χ3v) is 5.28. The highest BCUT2D eigenvalue weighted by Crippen LogP contribution is 2.22. The predicted octanol–water partition coefficient (Wildman–Crippen LogP) is 2.17. The summed E-state index contributed by atoms with van der Waals surface area (Å²) in [6, 6.07) is 8.05. The molecule has 2 saturated heterocycles. The lowest BCUT2D eigenvalue weighted by Gasteiger charge is -2.32. The largest absolute Gasteiger partial charge is 0.378 e. The van der Waals surface area contributed by atoms with Crippen molar-refractivity contribution in [1.29, 1.82) is 0 Å². The smallest absolute Gasteiger partial charge is 0.245 e. The third kappa shape index (κ3) is 4.40. The Hall–Kier alpha value is -1.88. The van der Waals surface area contributed by atoms with Gasteiger partial charge in [0.2, 0.25) is 11.8 Å². The third-order valence-electron chi connectivity index (χ3n) is 5.28. The zero-order valence-electron chi connectivity index (χ0n) is 15.1. The van der Waals surface area contributed by atoms with Gasteiger partial charge in [-0.25, -0.2) is 0 Å². The summed E-state index contributed by atoms with van der Waals surface area (Å²) < 4.78 is 5.32. The van der Waals surface area contributed by atoms with Crippen LogP contribution in [0.1, 0.15) is 36.8 Å². The number of amides is 2. The van der Waals surface area contributed by atoms with Crippen LogP contribution in [0.25, 0.3) is 0 Å².